The van der Waals surface area contributed by atoms with E-state index in [2.05, 4.69) is 20.5 Å². The molecule has 0 atom stereocenters. The topological polar surface area (TPSA) is 116 Å². The van der Waals surface area contributed by atoms with Gasteiger partial charge in [-0.05, 0) is 30.7 Å². The van der Waals surface area contributed by atoms with Gasteiger partial charge in [-0.1, -0.05) is 0 Å². The number of aryl methyl sites for hydroxylation is 2. The van der Waals surface area contributed by atoms with Crippen LogP contribution in [-0.4, -0.2) is 39.5 Å². The van der Waals surface area contributed by atoms with Crippen molar-refractivity contribution in [1.29, 1.82) is 0 Å². The van der Waals surface area contributed by atoms with E-state index in [0.29, 0.717) is 29.5 Å². The molecule has 2 heterocycles. The maximum Gasteiger partial charge on any atom is 0.329 e. The fourth-order valence-corrected chi connectivity index (χ4v) is 2.73. The van der Waals surface area contributed by atoms with Gasteiger partial charge in [0, 0.05) is 13.6 Å². The fourth-order valence-electron chi connectivity index (χ4n) is 2.73. The number of hydrogen-bond donors (Lipinski definition) is 2. The van der Waals surface area contributed by atoms with Crippen molar-refractivity contribution in [2.45, 2.75) is 13.5 Å². The molecule has 0 fully saturated rings. The summed E-state index contributed by atoms with van der Waals surface area (Å²) in [5.41, 5.74) is 3.19. The molecule has 0 aliphatic carbocycles. The van der Waals surface area contributed by atoms with Crippen LogP contribution in [0.3, 0.4) is 0 Å². The Morgan fingerprint density at radius 3 is 2.67 bits per heavy atom. The van der Waals surface area contributed by atoms with Crippen molar-refractivity contribution >= 4 is 23.3 Å². The third-order valence-electron chi connectivity index (χ3n) is 4.11. The lowest BCUT2D eigenvalue weighted by Gasteiger charge is -2.07. The summed E-state index contributed by atoms with van der Waals surface area (Å²) in [6, 6.07) is 5.38. The predicted molar refractivity (Wildman–Crippen MR) is 102 cm³/mol. The second-order valence-corrected chi connectivity index (χ2v) is 5.65. The first-order valence-electron chi connectivity index (χ1n) is 8.20. The Morgan fingerprint density at radius 2 is 2.00 bits per heavy atom. The number of hydrogen-bond acceptors (Lipinski definition) is 7. The fraction of sp³-hybridized carbons (Fsp3) is 0.294. The number of hydrazone groups is 1. The zero-order valence-electron chi connectivity index (χ0n) is 15.4. The number of anilines is 1. The summed E-state index contributed by atoms with van der Waals surface area (Å²) in [6.45, 7) is 2.35. The van der Waals surface area contributed by atoms with Crippen molar-refractivity contribution in [2.24, 2.45) is 12.1 Å². The second-order valence-electron chi connectivity index (χ2n) is 5.65. The molecule has 3 aromatic rings. The average Bonchev–Trinajstić information content (AvgIpc) is 3.05. The number of aromatic nitrogens is 4. The molecular formula is C17H20N6O4. The van der Waals surface area contributed by atoms with Crippen LogP contribution in [0.4, 0.5) is 5.95 Å². The molecule has 10 heteroatoms. The molecule has 1 aromatic carbocycles. The quantitative estimate of drug-likeness (QED) is 0.491. The van der Waals surface area contributed by atoms with Crippen LogP contribution in [0.2, 0.25) is 0 Å². The van der Waals surface area contributed by atoms with Gasteiger partial charge in [-0.25, -0.2) is 10.2 Å². The summed E-state index contributed by atoms with van der Waals surface area (Å²) in [6.07, 6.45) is 1.59. The number of aromatic amines is 1. The second kappa shape index (κ2) is 7.36. The molecule has 0 saturated heterocycles. The van der Waals surface area contributed by atoms with Crippen LogP contribution in [-0.2, 0) is 13.6 Å². The molecule has 0 amide bonds. The SMILES string of the molecule is CCn1c(N/N=C\c2ccc(OC)c(OC)c2)nc2c1c(=O)[nH]c(=O)n2C. The molecule has 2 N–H and O–H groups in total. The largest absolute Gasteiger partial charge is 0.493 e. The molecule has 2 aromatic heterocycles. The molecule has 0 aliphatic rings. The van der Waals surface area contributed by atoms with Crippen LogP contribution in [0.25, 0.3) is 11.2 Å². The van der Waals surface area contributed by atoms with E-state index in [9.17, 15) is 9.59 Å². The number of fused-ring (bicyclic) bond motifs is 1. The van der Waals surface area contributed by atoms with Crippen molar-refractivity contribution in [1.82, 2.24) is 19.1 Å². The Morgan fingerprint density at radius 1 is 1.26 bits per heavy atom. The van der Waals surface area contributed by atoms with E-state index in [1.807, 2.05) is 13.0 Å². The zero-order valence-corrected chi connectivity index (χ0v) is 15.4. The van der Waals surface area contributed by atoms with E-state index in [1.54, 1.807) is 44.2 Å². The van der Waals surface area contributed by atoms with Gasteiger partial charge in [0.15, 0.2) is 22.7 Å². The van der Waals surface area contributed by atoms with Gasteiger partial charge in [-0.2, -0.15) is 10.1 Å². The number of nitrogens with one attached hydrogen (secondary N) is 2. The number of benzene rings is 1. The van der Waals surface area contributed by atoms with Gasteiger partial charge in [0.25, 0.3) is 5.56 Å². The van der Waals surface area contributed by atoms with Gasteiger partial charge in [0.05, 0.1) is 20.4 Å². The minimum Gasteiger partial charge on any atom is -0.493 e. The van der Waals surface area contributed by atoms with E-state index in [-0.39, 0.29) is 5.65 Å². The summed E-state index contributed by atoms with van der Waals surface area (Å²) in [5, 5.41) is 4.17. The summed E-state index contributed by atoms with van der Waals surface area (Å²) in [5.74, 6) is 1.57. The van der Waals surface area contributed by atoms with Crippen LogP contribution in [0.15, 0.2) is 32.9 Å². The highest BCUT2D eigenvalue weighted by atomic mass is 16.5. The van der Waals surface area contributed by atoms with Crippen molar-refractivity contribution in [3.8, 4) is 11.5 Å². The van der Waals surface area contributed by atoms with E-state index in [4.69, 9.17) is 9.47 Å². The molecule has 0 bridgehead atoms. The number of imidazole rings is 1. The molecule has 0 aliphatic heterocycles. The molecule has 142 valence electrons. The van der Waals surface area contributed by atoms with Gasteiger partial charge >= 0.3 is 5.69 Å². The first-order chi connectivity index (χ1) is 13.0. The van der Waals surface area contributed by atoms with E-state index >= 15 is 0 Å². The molecule has 10 nitrogen and oxygen atoms in total. The number of rotatable bonds is 6. The molecule has 0 unspecified atom stereocenters. The molecule has 0 spiro atoms. The third-order valence-corrected chi connectivity index (χ3v) is 4.11. The highest BCUT2D eigenvalue weighted by Gasteiger charge is 2.15. The number of nitrogens with zero attached hydrogens (tertiary/aromatic N) is 4. The Bertz CT molecular complexity index is 1120. The lowest BCUT2D eigenvalue weighted by atomic mass is 10.2. The monoisotopic (exact) mass is 372 g/mol. The van der Waals surface area contributed by atoms with Gasteiger partial charge in [0.2, 0.25) is 5.95 Å². The first-order valence-corrected chi connectivity index (χ1v) is 8.20. The van der Waals surface area contributed by atoms with Gasteiger partial charge < -0.3 is 14.0 Å². The smallest absolute Gasteiger partial charge is 0.329 e. The van der Waals surface area contributed by atoms with Gasteiger partial charge in [0.1, 0.15) is 0 Å². The van der Waals surface area contributed by atoms with Crippen LogP contribution in [0, 0.1) is 0 Å². The molecule has 3 rings (SSSR count). The predicted octanol–water partition coefficient (Wildman–Crippen LogP) is 0.906. The van der Waals surface area contributed by atoms with Crippen LogP contribution < -0.4 is 26.1 Å². The number of H-pyrrole nitrogens is 1. The standard InChI is InChI=1S/C17H20N6O4/c1-5-23-13-14(22(2)17(25)20-15(13)24)19-16(23)21-18-9-10-6-7-11(26-3)12(8-10)27-4/h6-9H,5H2,1-4H3,(H,19,21)(H,20,24,25)/b18-9-. The maximum absolute atomic E-state index is 12.1. The third kappa shape index (κ3) is 3.28. The molecule has 27 heavy (non-hydrogen) atoms. The maximum atomic E-state index is 12.1. The minimum absolute atomic E-state index is 0.286. The molecule has 0 radical (unpaired) electrons. The summed E-state index contributed by atoms with van der Waals surface area (Å²) < 4.78 is 13.4. The Balaban J connectivity index is 1.94. The first kappa shape index (κ1) is 18.2. The Hall–Kier alpha value is -3.56. The Kier molecular flexibility index (Phi) is 4.97. The van der Waals surface area contributed by atoms with Crippen LogP contribution >= 0.6 is 0 Å². The van der Waals surface area contributed by atoms with Crippen molar-refractivity contribution < 1.29 is 9.47 Å². The zero-order chi connectivity index (χ0) is 19.6. The van der Waals surface area contributed by atoms with Gasteiger partial charge in [-0.3, -0.25) is 14.3 Å². The van der Waals surface area contributed by atoms with Crippen LogP contribution in [0.1, 0.15) is 12.5 Å². The minimum atomic E-state index is -0.520. The summed E-state index contributed by atoms with van der Waals surface area (Å²) in [4.78, 5) is 30.5. The van der Waals surface area contributed by atoms with Crippen LogP contribution in [0.5, 0.6) is 11.5 Å². The van der Waals surface area contributed by atoms with Crippen molar-refractivity contribution in [3.05, 3.63) is 44.6 Å². The van der Waals surface area contributed by atoms with E-state index in [1.165, 1.54) is 4.57 Å². The van der Waals surface area contributed by atoms with E-state index < -0.39 is 11.2 Å². The normalized spacial score (nSPS) is 11.3. The average molecular weight is 372 g/mol. The highest BCUT2D eigenvalue weighted by molar-refractivity contribution is 5.81. The van der Waals surface area contributed by atoms with Crippen molar-refractivity contribution in [2.75, 3.05) is 19.6 Å². The summed E-state index contributed by atoms with van der Waals surface area (Å²) in [7, 11) is 4.67. The van der Waals surface area contributed by atoms with Gasteiger partial charge in [-0.15, -0.1) is 0 Å². The lowest BCUT2D eigenvalue weighted by Crippen LogP contribution is -2.29. The number of methoxy groups -OCH3 is 2. The lowest BCUT2D eigenvalue weighted by molar-refractivity contribution is 0.355. The Labute approximate surface area is 154 Å². The number of ether oxygens (including phenoxy) is 2. The van der Waals surface area contributed by atoms with E-state index in [0.717, 1.165) is 5.56 Å². The van der Waals surface area contributed by atoms with Crippen molar-refractivity contribution in [3.63, 3.8) is 0 Å². The summed E-state index contributed by atoms with van der Waals surface area (Å²) >= 11 is 0. The molecular weight excluding hydrogens is 352 g/mol. The highest BCUT2D eigenvalue weighted by Crippen LogP contribution is 2.26. The molecule has 0 saturated carbocycles.